The van der Waals surface area contributed by atoms with E-state index in [4.69, 9.17) is 9.47 Å². The Balaban J connectivity index is 1.62. The minimum atomic E-state index is -0.00663. The van der Waals surface area contributed by atoms with E-state index < -0.39 is 0 Å². The first kappa shape index (κ1) is 19.2. The van der Waals surface area contributed by atoms with Gasteiger partial charge in [-0.15, -0.1) is 0 Å². The van der Waals surface area contributed by atoms with Crippen molar-refractivity contribution in [2.45, 2.75) is 26.0 Å². The molecule has 8 heteroatoms. The normalized spacial score (nSPS) is 17.8. The molecule has 0 bridgehead atoms. The summed E-state index contributed by atoms with van der Waals surface area (Å²) in [6.45, 7) is 5.53. The summed E-state index contributed by atoms with van der Waals surface area (Å²) in [5, 5.41) is 7.67. The number of hydrogen-bond donors (Lipinski definition) is 1. The van der Waals surface area contributed by atoms with E-state index in [-0.39, 0.29) is 6.10 Å². The number of morpholine rings is 1. The Labute approximate surface area is 160 Å². The molecule has 146 valence electrons. The van der Waals surface area contributed by atoms with Gasteiger partial charge in [0, 0.05) is 50.7 Å². The molecule has 0 radical (unpaired) electrons. The van der Waals surface area contributed by atoms with Crippen LogP contribution in [0.4, 0.5) is 0 Å². The van der Waals surface area contributed by atoms with Crippen LogP contribution in [0.3, 0.4) is 0 Å². The first-order valence-corrected chi connectivity index (χ1v) is 9.33. The van der Waals surface area contributed by atoms with E-state index in [0.29, 0.717) is 25.6 Å². The molecule has 1 aliphatic rings. The molecule has 2 aromatic heterocycles. The van der Waals surface area contributed by atoms with Crippen LogP contribution < -0.4 is 10.1 Å². The van der Waals surface area contributed by atoms with Crippen molar-refractivity contribution < 1.29 is 9.47 Å². The average molecular weight is 372 g/mol. The van der Waals surface area contributed by atoms with Crippen LogP contribution in [0.5, 0.6) is 5.88 Å². The molecule has 0 spiro atoms. The first-order chi connectivity index (χ1) is 13.2. The molecule has 27 heavy (non-hydrogen) atoms. The van der Waals surface area contributed by atoms with E-state index in [1.165, 1.54) is 0 Å². The minimum absolute atomic E-state index is 0.00663. The number of nitrogens with zero attached hydrogens (tertiary/aromatic N) is 5. The van der Waals surface area contributed by atoms with Gasteiger partial charge < -0.3 is 19.7 Å². The lowest BCUT2D eigenvalue weighted by atomic mass is 10.1. The van der Waals surface area contributed by atoms with Gasteiger partial charge in [-0.2, -0.15) is 5.10 Å². The van der Waals surface area contributed by atoms with Crippen molar-refractivity contribution in [3.63, 3.8) is 0 Å². The summed E-state index contributed by atoms with van der Waals surface area (Å²) < 4.78 is 13.5. The summed E-state index contributed by atoms with van der Waals surface area (Å²) in [7, 11) is 3.71. The third kappa shape index (κ3) is 4.97. The van der Waals surface area contributed by atoms with Crippen LogP contribution in [0.25, 0.3) is 0 Å². The van der Waals surface area contributed by atoms with Gasteiger partial charge >= 0.3 is 0 Å². The number of hydrogen-bond acceptors (Lipinski definition) is 5. The predicted octanol–water partition coefficient (Wildman–Crippen LogP) is 1.75. The van der Waals surface area contributed by atoms with Crippen LogP contribution in [-0.2, 0) is 18.3 Å². The van der Waals surface area contributed by atoms with Crippen LogP contribution >= 0.6 is 0 Å². The smallest absolute Gasteiger partial charge is 0.218 e. The Kier molecular flexibility index (Phi) is 6.64. The molecule has 3 rings (SSSR count). The Morgan fingerprint density at radius 2 is 2.37 bits per heavy atom. The number of aliphatic imine (C=N–C) groups is 1. The van der Waals surface area contributed by atoms with Crippen molar-refractivity contribution in [3.05, 3.63) is 41.9 Å². The molecule has 0 saturated carbocycles. The number of aryl methyl sites for hydroxylation is 1. The lowest BCUT2D eigenvalue weighted by molar-refractivity contribution is -0.00805. The number of aromatic nitrogens is 3. The molecule has 1 atom stereocenters. The topological polar surface area (TPSA) is 76.8 Å². The molecule has 1 fully saturated rings. The van der Waals surface area contributed by atoms with E-state index >= 15 is 0 Å². The van der Waals surface area contributed by atoms with E-state index in [1.54, 1.807) is 17.9 Å². The maximum Gasteiger partial charge on any atom is 0.218 e. The van der Waals surface area contributed by atoms with Crippen molar-refractivity contribution in [1.29, 1.82) is 0 Å². The highest BCUT2D eigenvalue weighted by Crippen LogP contribution is 2.22. The first-order valence-electron chi connectivity index (χ1n) is 9.33. The third-order valence-corrected chi connectivity index (χ3v) is 4.40. The van der Waals surface area contributed by atoms with E-state index in [2.05, 4.69) is 32.2 Å². The molecule has 1 unspecified atom stereocenters. The second-order valence-electron chi connectivity index (χ2n) is 6.47. The zero-order valence-electron chi connectivity index (χ0n) is 16.3. The van der Waals surface area contributed by atoms with Gasteiger partial charge in [0.05, 0.1) is 26.0 Å². The summed E-state index contributed by atoms with van der Waals surface area (Å²) in [6.07, 6.45) is 6.56. The van der Waals surface area contributed by atoms with Crippen molar-refractivity contribution in [2.75, 3.05) is 33.4 Å². The maximum absolute atomic E-state index is 5.92. The fourth-order valence-electron chi connectivity index (χ4n) is 3.04. The molecule has 0 aliphatic carbocycles. The van der Waals surface area contributed by atoms with Crippen molar-refractivity contribution in [2.24, 2.45) is 12.0 Å². The van der Waals surface area contributed by atoms with Crippen molar-refractivity contribution >= 4 is 5.96 Å². The monoisotopic (exact) mass is 372 g/mol. The van der Waals surface area contributed by atoms with Crippen LogP contribution in [0.2, 0.25) is 0 Å². The number of rotatable bonds is 6. The Morgan fingerprint density at radius 3 is 3.11 bits per heavy atom. The van der Waals surface area contributed by atoms with E-state index in [0.717, 1.165) is 36.6 Å². The van der Waals surface area contributed by atoms with Gasteiger partial charge in [0.2, 0.25) is 5.88 Å². The molecule has 0 amide bonds. The summed E-state index contributed by atoms with van der Waals surface area (Å²) >= 11 is 0. The zero-order valence-corrected chi connectivity index (χ0v) is 16.3. The van der Waals surface area contributed by atoms with Gasteiger partial charge in [-0.25, -0.2) is 4.98 Å². The molecule has 3 heterocycles. The van der Waals surface area contributed by atoms with E-state index in [1.807, 2.05) is 31.6 Å². The molecule has 8 nitrogen and oxygen atoms in total. The fraction of sp³-hybridized carbons (Fsp3) is 0.526. The minimum Gasteiger partial charge on any atom is -0.477 e. The molecule has 2 aromatic rings. The van der Waals surface area contributed by atoms with Gasteiger partial charge in [-0.1, -0.05) is 13.0 Å². The van der Waals surface area contributed by atoms with Gasteiger partial charge in [0.25, 0.3) is 0 Å². The number of ether oxygens (including phenoxy) is 2. The lowest BCUT2D eigenvalue weighted by Crippen LogP contribution is -2.47. The van der Waals surface area contributed by atoms with Crippen LogP contribution in [0.15, 0.2) is 35.7 Å². The van der Waals surface area contributed by atoms with Gasteiger partial charge in [-0.05, 0) is 12.5 Å². The molecule has 1 aliphatic heterocycles. The molecule has 0 aromatic carbocycles. The fourth-order valence-corrected chi connectivity index (χ4v) is 3.04. The SMILES string of the molecule is CCCOc1ncccc1CNC(=NC)N1CCOC(c2cnn(C)c2)C1. The Hall–Kier alpha value is -2.61. The number of pyridine rings is 1. The van der Waals surface area contributed by atoms with Crippen molar-refractivity contribution in [1.82, 2.24) is 25.0 Å². The second kappa shape index (κ2) is 9.36. The summed E-state index contributed by atoms with van der Waals surface area (Å²) in [4.78, 5) is 11.0. The zero-order chi connectivity index (χ0) is 19.1. The highest BCUT2D eigenvalue weighted by Gasteiger charge is 2.25. The van der Waals surface area contributed by atoms with Gasteiger partial charge in [0.1, 0.15) is 6.10 Å². The molecule has 1 N–H and O–H groups in total. The van der Waals surface area contributed by atoms with Crippen LogP contribution in [-0.4, -0.2) is 59.0 Å². The molecular weight excluding hydrogens is 344 g/mol. The Morgan fingerprint density at radius 1 is 1.48 bits per heavy atom. The lowest BCUT2D eigenvalue weighted by Gasteiger charge is -2.34. The predicted molar refractivity (Wildman–Crippen MR) is 104 cm³/mol. The Bertz CT molecular complexity index is 760. The third-order valence-electron chi connectivity index (χ3n) is 4.40. The van der Waals surface area contributed by atoms with E-state index in [9.17, 15) is 0 Å². The highest BCUT2D eigenvalue weighted by atomic mass is 16.5. The van der Waals surface area contributed by atoms with Crippen LogP contribution in [0.1, 0.15) is 30.6 Å². The van der Waals surface area contributed by atoms with Gasteiger partial charge in [-0.3, -0.25) is 9.67 Å². The number of guanidine groups is 1. The average Bonchev–Trinajstić information content (AvgIpc) is 3.14. The van der Waals surface area contributed by atoms with Gasteiger partial charge in [0.15, 0.2) is 5.96 Å². The molecule has 1 saturated heterocycles. The second-order valence-corrected chi connectivity index (χ2v) is 6.47. The summed E-state index contributed by atoms with van der Waals surface area (Å²) in [5.41, 5.74) is 2.10. The van der Waals surface area contributed by atoms with Crippen LogP contribution in [0, 0.1) is 0 Å². The van der Waals surface area contributed by atoms with Crippen molar-refractivity contribution in [3.8, 4) is 5.88 Å². The largest absolute Gasteiger partial charge is 0.477 e. The number of nitrogens with one attached hydrogen (secondary N) is 1. The maximum atomic E-state index is 5.92. The quantitative estimate of drug-likeness (QED) is 0.615. The summed E-state index contributed by atoms with van der Waals surface area (Å²) in [5.74, 6) is 1.52. The standard InChI is InChI=1S/C19H28N6O2/c1-4-9-27-18-15(6-5-7-21-18)11-22-19(20-2)25-8-10-26-17(14-25)16-12-23-24(3)13-16/h5-7,12-13,17H,4,8-11,14H2,1-3H3,(H,20,22). The molecular formula is C19H28N6O2. The summed E-state index contributed by atoms with van der Waals surface area (Å²) in [6, 6.07) is 3.95. The highest BCUT2D eigenvalue weighted by molar-refractivity contribution is 5.80.